The van der Waals surface area contributed by atoms with Gasteiger partial charge in [0.2, 0.25) is 0 Å². The van der Waals surface area contributed by atoms with Gasteiger partial charge in [-0.15, -0.1) is 12.4 Å². The second-order valence-corrected chi connectivity index (χ2v) is 8.28. The Morgan fingerprint density at radius 2 is 1.90 bits per heavy atom. The van der Waals surface area contributed by atoms with Gasteiger partial charge in [-0.2, -0.15) is 0 Å². The Balaban J connectivity index is 0.00000300. The van der Waals surface area contributed by atoms with Crippen molar-refractivity contribution in [3.63, 3.8) is 0 Å². The Hall–Kier alpha value is -2.15. The maximum absolute atomic E-state index is 13.3. The first-order valence-corrected chi connectivity index (χ1v) is 10.2. The third-order valence-electron chi connectivity index (χ3n) is 4.60. The minimum atomic E-state index is -0.0499. The molecule has 29 heavy (non-hydrogen) atoms. The summed E-state index contributed by atoms with van der Waals surface area (Å²) in [5, 5.41) is 0.746. The number of halogens is 1. The fourth-order valence-electron chi connectivity index (χ4n) is 3.22. The first-order chi connectivity index (χ1) is 13.4. The van der Waals surface area contributed by atoms with Crippen molar-refractivity contribution in [2.75, 3.05) is 39.2 Å². The quantitative estimate of drug-likeness (QED) is 0.529. The molecular formula is C22H28ClN3O2S. The summed E-state index contributed by atoms with van der Waals surface area (Å²) in [6.07, 6.45) is 0.872. The summed E-state index contributed by atoms with van der Waals surface area (Å²) in [7, 11) is 5.69. The summed E-state index contributed by atoms with van der Waals surface area (Å²) >= 11 is 1.57. The molecule has 0 radical (unpaired) electrons. The van der Waals surface area contributed by atoms with E-state index in [-0.39, 0.29) is 18.3 Å². The summed E-state index contributed by atoms with van der Waals surface area (Å²) in [5.74, 6) is 0.626. The predicted octanol–water partition coefficient (Wildman–Crippen LogP) is 4.94. The van der Waals surface area contributed by atoms with Gasteiger partial charge in [0.1, 0.15) is 5.75 Å². The van der Waals surface area contributed by atoms with Crippen molar-refractivity contribution >= 4 is 45.0 Å². The van der Waals surface area contributed by atoms with Gasteiger partial charge in [-0.1, -0.05) is 23.5 Å². The van der Waals surface area contributed by atoms with Gasteiger partial charge in [-0.3, -0.25) is 9.69 Å². The van der Waals surface area contributed by atoms with Crippen molar-refractivity contribution in [3.8, 4) is 5.75 Å². The van der Waals surface area contributed by atoms with Crippen molar-refractivity contribution < 1.29 is 9.53 Å². The average molecular weight is 434 g/mol. The highest BCUT2D eigenvalue weighted by molar-refractivity contribution is 7.22. The topological polar surface area (TPSA) is 45.7 Å². The third kappa shape index (κ3) is 5.47. The molecule has 156 valence electrons. The van der Waals surface area contributed by atoms with E-state index in [1.54, 1.807) is 29.4 Å². The van der Waals surface area contributed by atoms with Crippen LogP contribution in [0.3, 0.4) is 0 Å². The van der Waals surface area contributed by atoms with Gasteiger partial charge in [0.15, 0.2) is 5.13 Å². The lowest BCUT2D eigenvalue weighted by Crippen LogP contribution is -2.33. The van der Waals surface area contributed by atoms with E-state index in [1.807, 2.05) is 32.3 Å². The van der Waals surface area contributed by atoms with E-state index in [0.29, 0.717) is 17.9 Å². The van der Waals surface area contributed by atoms with Crippen LogP contribution in [0.1, 0.15) is 27.9 Å². The number of thiazole rings is 1. The summed E-state index contributed by atoms with van der Waals surface area (Å²) in [5.41, 5.74) is 3.93. The number of benzene rings is 2. The van der Waals surface area contributed by atoms with E-state index in [2.05, 4.69) is 30.9 Å². The molecule has 0 aliphatic heterocycles. The highest BCUT2D eigenvalue weighted by Crippen LogP contribution is 2.32. The van der Waals surface area contributed by atoms with Crippen molar-refractivity contribution in [3.05, 3.63) is 53.1 Å². The summed E-state index contributed by atoms with van der Waals surface area (Å²) in [4.78, 5) is 22.1. The molecule has 0 aliphatic rings. The number of carbonyl (C=O) groups is 1. The average Bonchev–Trinajstić information content (AvgIpc) is 3.08. The maximum atomic E-state index is 13.3. The number of hydrogen-bond donors (Lipinski definition) is 0. The Morgan fingerprint density at radius 3 is 2.59 bits per heavy atom. The van der Waals surface area contributed by atoms with Gasteiger partial charge in [0, 0.05) is 12.1 Å². The van der Waals surface area contributed by atoms with E-state index in [0.717, 1.165) is 33.9 Å². The van der Waals surface area contributed by atoms with E-state index in [4.69, 9.17) is 9.72 Å². The normalized spacial score (nSPS) is 10.8. The molecule has 7 heteroatoms. The number of aryl methyl sites for hydroxylation is 2. The first kappa shape index (κ1) is 23.1. The molecule has 0 saturated heterocycles. The number of methoxy groups -OCH3 is 1. The van der Waals surface area contributed by atoms with Crippen LogP contribution in [0.4, 0.5) is 5.13 Å². The molecule has 0 bridgehead atoms. The molecular weight excluding hydrogens is 406 g/mol. The van der Waals surface area contributed by atoms with Gasteiger partial charge in [-0.05, 0) is 76.3 Å². The number of fused-ring (bicyclic) bond motifs is 1. The standard InChI is InChI=1S/C22H27N3O2S.ClH/c1-15-12-16(2)20-19(13-15)28-22(23-20)25(11-7-10-24(3)4)21(26)17-8-6-9-18(14-17)27-5;/h6,8-9,12-14H,7,10-11H2,1-5H3;1H. The monoisotopic (exact) mass is 433 g/mol. The van der Waals surface area contributed by atoms with Gasteiger partial charge < -0.3 is 9.64 Å². The number of anilines is 1. The SMILES string of the molecule is COc1cccc(C(=O)N(CCCN(C)C)c2nc3c(C)cc(C)cc3s2)c1.Cl. The Kier molecular flexibility index (Phi) is 8.02. The smallest absolute Gasteiger partial charge is 0.260 e. The highest BCUT2D eigenvalue weighted by atomic mass is 35.5. The number of ether oxygens (including phenoxy) is 1. The van der Waals surface area contributed by atoms with Crippen LogP contribution < -0.4 is 9.64 Å². The number of nitrogens with zero attached hydrogens (tertiary/aromatic N) is 3. The van der Waals surface area contributed by atoms with Gasteiger partial charge in [0.05, 0.1) is 17.3 Å². The van der Waals surface area contributed by atoms with Gasteiger partial charge in [0.25, 0.3) is 5.91 Å². The molecule has 5 nitrogen and oxygen atoms in total. The number of aromatic nitrogens is 1. The summed E-state index contributed by atoms with van der Waals surface area (Å²) in [6.45, 7) is 5.68. The molecule has 3 aromatic rings. The second-order valence-electron chi connectivity index (χ2n) is 7.27. The molecule has 0 N–H and O–H groups in total. The zero-order valence-electron chi connectivity index (χ0n) is 17.6. The van der Waals surface area contributed by atoms with Gasteiger partial charge >= 0.3 is 0 Å². The van der Waals surface area contributed by atoms with Crippen molar-refractivity contribution in [1.82, 2.24) is 9.88 Å². The van der Waals surface area contributed by atoms with Crippen LogP contribution >= 0.6 is 23.7 Å². The fourth-order valence-corrected chi connectivity index (χ4v) is 4.38. The van der Waals surface area contributed by atoms with E-state index in [9.17, 15) is 4.79 Å². The predicted molar refractivity (Wildman–Crippen MR) is 124 cm³/mol. The van der Waals surface area contributed by atoms with Crippen LogP contribution in [-0.2, 0) is 0 Å². The Bertz CT molecular complexity index is 987. The molecule has 0 fully saturated rings. The molecule has 0 unspecified atom stereocenters. The van der Waals surface area contributed by atoms with Crippen molar-refractivity contribution in [1.29, 1.82) is 0 Å². The second kappa shape index (κ2) is 10.1. The number of amides is 1. The molecule has 0 atom stereocenters. The first-order valence-electron chi connectivity index (χ1n) is 9.37. The molecule has 2 aromatic carbocycles. The summed E-state index contributed by atoms with van der Waals surface area (Å²) < 4.78 is 6.40. The minimum Gasteiger partial charge on any atom is -0.497 e. The molecule has 3 rings (SSSR count). The van der Waals surface area contributed by atoms with Crippen molar-refractivity contribution in [2.24, 2.45) is 0 Å². The number of hydrogen-bond acceptors (Lipinski definition) is 5. The van der Waals surface area contributed by atoms with Gasteiger partial charge in [-0.25, -0.2) is 4.98 Å². The fraction of sp³-hybridized carbons (Fsp3) is 0.364. The minimum absolute atomic E-state index is 0. The molecule has 1 aromatic heterocycles. The Morgan fingerprint density at radius 1 is 1.14 bits per heavy atom. The maximum Gasteiger partial charge on any atom is 0.260 e. The van der Waals surface area contributed by atoms with Crippen molar-refractivity contribution in [2.45, 2.75) is 20.3 Å². The Labute approximate surface area is 182 Å². The van der Waals surface area contributed by atoms with Crippen LogP contribution in [0.15, 0.2) is 36.4 Å². The zero-order chi connectivity index (χ0) is 20.3. The van der Waals surface area contributed by atoms with Crippen LogP contribution in [0.5, 0.6) is 5.75 Å². The van der Waals surface area contributed by atoms with Crippen LogP contribution in [0.25, 0.3) is 10.2 Å². The number of rotatable bonds is 7. The molecule has 0 spiro atoms. The number of carbonyl (C=O) groups excluding carboxylic acids is 1. The molecule has 1 heterocycles. The molecule has 0 aliphatic carbocycles. The zero-order valence-corrected chi connectivity index (χ0v) is 19.2. The third-order valence-corrected chi connectivity index (χ3v) is 5.62. The largest absolute Gasteiger partial charge is 0.497 e. The van der Waals surface area contributed by atoms with Crippen LogP contribution in [-0.4, -0.2) is 50.1 Å². The molecule has 1 amide bonds. The van der Waals surface area contributed by atoms with Crippen LogP contribution in [0.2, 0.25) is 0 Å². The van der Waals surface area contributed by atoms with E-state index in [1.165, 1.54) is 5.56 Å². The van der Waals surface area contributed by atoms with Crippen LogP contribution in [0, 0.1) is 13.8 Å². The van der Waals surface area contributed by atoms with E-state index < -0.39 is 0 Å². The lowest BCUT2D eigenvalue weighted by molar-refractivity contribution is 0.0985. The highest BCUT2D eigenvalue weighted by Gasteiger charge is 2.22. The summed E-state index contributed by atoms with van der Waals surface area (Å²) in [6, 6.07) is 11.6. The van der Waals surface area contributed by atoms with E-state index >= 15 is 0 Å². The lowest BCUT2D eigenvalue weighted by atomic mass is 10.1. The molecule has 0 saturated carbocycles. The lowest BCUT2D eigenvalue weighted by Gasteiger charge is -2.21.